The van der Waals surface area contributed by atoms with E-state index in [2.05, 4.69) is 54.4 Å². The molecular formula is C10H7Br3O3. The molecule has 1 aromatic rings. The van der Waals surface area contributed by atoms with E-state index in [4.69, 9.17) is 4.74 Å². The lowest BCUT2D eigenvalue weighted by Gasteiger charge is -2.10. The number of carbonyl (C=O) groups excluding carboxylic acids is 1. The Morgan fingerprint density at radius 2 is 1.94 bits per heavy atom. The molecule has 0 unspecified atom stereocenters. The van der Waals surface area contributed by atoms with Crippen LogP contribution >= 0.6 is 47.8 Å². The first-order valence-electron chi connectivity index (χ1n) is 4.08. The Balaban J connectivity index is 3.16. The molecule has 0 atom stereocenters. The fourth-order valence-corrected chi connectivity index (χ4v) is 2.29. The third-order valence-corrected chi connectivity index (χ3v) is 4.35. The minimum Gasteiger partial charge on any atom is -0.506 e. The number of esters is 1. The van der Waals surface area contributed by atoms with Gasteiger partial charge in [-0.15, -0.1) is 0 Å². The van der Waals surface area contributed by atoms with Crippen molar-refractivity contribution in [2.24, 2.45) is 0 Å². The van der Waals surface area contributed by atoms with Crippen molar-refractivity contribution in [2.75, 3.05) is 0 Å². The van der Waals surface area contributed by atoms with Gasteiger partial charge in [0.05, 0.1) is 13.4 Å². The van der Waals surface area contributed by atoms with Gasteiger partial charge in [-0.1, -0.05) is 6.58 Å². The molecule has 0 saturated carbocycles. The Morgan fingerprint density at radius 3 is 2.44 bits per heavy atom. The molecule has 0 saturated heterocycles. The Labute approximate surface area is 118 Å². The van der Waals surface area contributed by atoms with Crippen molar-refractivity contribution in [3.05, 3.63) is 31.6 Å². The molecule has 0 aromatic heterocycles. The van der Waals surface area contributed by atoms with Crippen molar-refractivity contribution in [2.45, 2.75) is 6.92 Å². The van der Waals surface area contributed by atoms with Gasteiger partial charge in [-0.3, -0.25) is 0 Å². The van der Waals surface area contributed by atoms with Crippen LogP contribution in [0.15, 0.2) is 31.6 Å². The predicted octanol–water partition coefficient (Wildman–Crippen LogP) is 4.16. The topological polar surface area (TPSA) is 46.5 Å². The van der Waals surface area contributed by atoms with Gasteiger partial charge in [0, 0.05) is 11.6 Å². The second-order valence-corrected chi connectivity index (χ2v) is 5.44. The number of carbonyl (C=O) groups is 1. The van der Waals surface area contributed by atoms with Gasteiger partial charge in [0.1, 0.15) is 11.5 Å². The van der Waals surface area contributed by atoms with Crippen LogP contribution in [0.4, 0.5) is 0 Å². The zero-order valence-corrected chi connectivity index (χ0v) is 12.9. The van der Waals surface area contributed by atoms with Crippen LogP contribution in [0.3, 0.4) is 0 Å². The van der Waals surface area contributed by atoms with Crippen LogP contribution in [0, 0.1) is 0 Å². The van der Waals surface area contributed by atoms with Crippen LogP contribution in [-0.2, 0) is 4.79 Å². The van der Waals surface area contributed by atoms with Gasteiger partial charge in [-0.05, 0) is 54.7 Å². The molecule has 1 rings (SSSR count). The molecule has 0 radical (unpaired) electrons. The highest BCUT2D eigenvalue weighted by Gasteiger charge is 2.16. The average molecular weight is 415 g/mol. The number of rotatable bonds is 2. The fraction of sp³-hybridized carbons (Fsp3) is 0.100. The van der Waals surface area contributed by atoms with Crippen LogP contribution in [0.1, 0.15) is 6.92 Å². The van der Waals surface area contributed by atoms with Gasteiger partial charge < -0.3 is 9.84 Å². The molecular weight excluding hydrogens is 408 g/mol. The van der Waals surface area contributed by atoms with E-state index in [1.807, 2.05) is 0 Å². The maximum atomic E-state index is 11.3. The van der Waals surface area contributed by atoms with Crippen LogP contribution in [-0.4, -0.2) is 11.1 Å². The van der Waals surface area contributed by atoms with Gasteiger partial charge in [-0.2, -0.15) is 0 Å². The number of benzene rings is 1. The van der Waals surface area contributed by atoms with E-state index in [1.54, 1.807) is 6.92 Å². The molecule has 0 aliphatic carbocycles. The third-order valence-electron chi connectivity index (χ3n) is 1.65. The maximum Gasteiger partial charge on any atom is 0.338 e. The first-order chi connectivity index (χ1) is 7.34. The summed E-state index contributed by atoms with van der Waals surface area (Å²) in [5.74, 6) is -0.197. The van der Waals surface area contributed by atoms with E-state index in [0.717, 1.165) is 0 Å². The lowest BCUT2D eigenvalue weighted by Crippen LogP contribution is -2.08. The number of hydrogen-bond donors (Lipinski definition) is 1. The Morgan fingerprint density at radius 1 is 1.38 bits per heavy atom. The number of phenols is 1. The molecule has 1 N–H and O–H groups in total. The van der Waals surface area contributed by atoms with Crippen LogP contribution in [0.5, 0.6) is 11.5 Å². The molecule has 6 heteroatoms. The highest BCUT2D eigenvalue weighted by molar-refractivity contribution is 9.13. The van der Waals surface area contributed by atoms with Gasteiger partial charge >= 0.3 is 5.97 Å². The number of halogens is 3. The van der Waals surface area contributed by atoms with Crippen molar-refractivity contribution < 1.29 is 14.6 Å². The molecule has 0 aliphatic rings. The summed E-state index contributed by atoms with van der Waals surface area (Å²) in [6.45, 7) is 5.04. The zero-order valence-electron chi connectivity index (χ0n) is 8.18. The summed E-state index contributed by atoms with van der Waals surface area (Å²) in [5.41, 5.74) is 0.298. The SMILES string of the molecule is C=C(C)C(=O)Oc1cc(Br)c(O)c(Br)c1Br. The Hall–Kier alpha value is -0.330. The third kappa shape index (κ3) is 2.87. The summed E-state index contributed by atoms with van der Waals surface area (Å²) in [5, 5.41) is 9.57. The predicted molar refractivity (Wildman–Crippen MR) is 71.7 cm³/mol. The van der Waals surface area contributed by atoms with E-state index in [9.17, 15) is 9.90 Å². The van der Waals surface area contributed by atoms with Crippen molar-refractivity contribution in [3.8, 4) is 11.5 Å². The normalized spacial score (nSPS) is 10.0. The van der Waals surface area contributed by atoms with Crippen LogP contribution < -0.4 is 4.74 Å². The van der Waals surface area contributed by atoms with Crippen molar-refractivity contribution >= 4 is 53.8 Å². The molecule has 1 aromatic carbocycles. The van der Waals surface area contributed by atoms with Gasteiger partial charge in [0.25, 0.3) is 0 Å². The van der Waals surface area contributed by atoms with Crippen molar-refractivity contribution in [1.29, 1.82) is 0 Å². The minimum atomic E-state index is -0.523. The van der Waals surface area contributed by atoms with Crippen LogP contribution in [0.2, 0.25) is 0 Å². The summed E-state index contributed by atoms with van der Waals surface area (Å²) in [6, 6.07) is 1.49. The quantitative estimate of drug-likeness (QED) is 0.342. The Kier molecular flexibility index (Phi) is 4.58. The van der Waals surface area contributed by atoms with Gasteiger partial charge in [0.2, 0.25) is 0 Å². The lowest BCUT2D eigenvalue weighted by atomic mass is 10.3. The zero-order chi connectivity index (χ0) is 12.5. The highest BCUT2D eigenvalue weighted by atomic mass is 79.9. The molecule has 0 spiro atoms. The molecule has 86 valence electrons. The number of aromatic hydroxyl groups is 1. The lowest BCUT2D eigenvalue weighted by molar-refractivity contribution is -0.130. The van der Waals surface area contributed by atoms with E-state index in [1.165, 1.54) is 6.07 Å². The fourth-order valence-electron chi connectivity index (χ4n) is 0.825. The van der Waals surface area contributed by atoms with Gasteiger partial charge in [0.15, 0.2) is 0 Å². The van der Waals surface area contributed by atoms with Crippen molar-refractivity contribution in [1.82, 2.24) is 0 Å². The summed E-state index contributed by atoms with van der Waals surface area (Å²) in [6.07, 6.45) is 0. The Bertz CT molecular complexity index is 469. The smallest absolute Gasteiger partial charge is 0.338 e. The molecule has 0 fully saturated rings. The minimum absolute atomic E-state index is 0.0296. The number of hydrogen-bond acceptors (Lipinski definition) is 3. The summed E-state index contributed by atoms with van der Waals surface area (Å²) < 4.78 is 6.36. The molecule has 0 bridgehead atoms. The monoisotopic (exact) mass is 412 g/mol. The molecule has 0 aliphatic heterocycles. The first kappa shape index (κ1) is 13.7. The van der Waals surface area contributed by atoms with E-state index < -0.39 is 5.97 Å². The largest absolute Gasteiger partial charge is 0.506 e. The summed E-state index contributed by atoms with van der Waals surface area (Å²) >= 11 is 9.52. The summed E-state index contributed by atoms with van der Waals surface area (Å²) in [4.78, 5) is 11.3. The average Bonchev–Trinajstić information content (AvgIpc) is 2.22. The second kappa shape index (κ2) is 5.33. The maximum absolute atomic E-state index is 11.3. The first-order valence-corrected chi connectivity index (χ1v) is 6.46. The molecule has 0 heterocycles. The van der Waals surface area contributed by atoms with Crippen LogP contribution in [0.25, 0.3) is 0 Å². The van der Waals surface area contributed by atoms with E-state index in [0.29, 0.717) is 24.7 Å². The highest BCUT2D eigenvalue weighted by Crippen LogP contribution is 2.43. The molecule has 16 heavy (non-hydrogen) atoms. The van der Waals surface area contributed by atoms with E-state index in [-0.39, 0.29) is 5.75 Å². The number of ether oxygens (including phenoxy) is 1. The van der Waals surface area contributed by atoms with Gasteiger partial charge in [-0.25, -0.2) is 4.79 Å². The molecule has 3 nitrogen and oxygen atoms in total. The number of phenolic OH excluding ortho intramolecular Hbond substituents is 1. The van der Waals surface area contributed by atoms with Crippen molar-refractivity contribution in [3.63, 3.8) is 0 Å². The summed E-state index contributed by atoms with van der Waals surface area (Å²) in [7, 11) is 0. The molecule has 0 amide bonds. The standard InChI is InChI=1S/C10H7Br3O3/c1-4(2)10(15)16-6-3-5(11)9(14)8(13)7(6)12/h3,14H,1H2,2H3. The second-order valence-electron chi connectivity index (χ2n) is 3.00. The van der Waals surface area contributed by atoms with E-state index >= 15 is 0 Å².